The Morgan fingerprint density at radius 1 is 0.514 bits per heavy atom. The molecule has 0 aliphatic heterocycles. The second kappa shape index (κ2) is 24.4. The highest BCUT2D eigenvalue weighted by Crippen LogP contribution is 2.17. The zero-order chi connectivity index (χ0) is 27.6. The summed E-state index contributed by atoms with van der Waals surface area (Å²) in [6.07, 6.45) is 24.4. The van der Waals surface area contributed by atoms with Crippen molar-refractivity contribution in [1.82, 2.24) is 0 Å². The molecule has 0 heterocycles. The van der Waals surface area contributed by atoms with E-state index in [2.05, 4.69) is 19.1 Å². The van der Waals surface area contributed by atoms with Gasteiger partial charge in [0.15, 0.2) is 0 Å². The monoisotopic (exact) mass is 526 g/mol. The number of unbranched alkanes of at least 4 members (excludes halogenated alkanes) is 13. The number of rotatable bonds is 28. The van der Waals surface area contributed by atoms with Crippen molar-refractivity contribution < 1.29 is 34.2 Å². The Bertz CT molecular complexity index is 569. The summed E-state index contributed by atoms with van der Waals surface area (Å²) in [4.78, 5) is 33.1. The minimum Gasteiger partial charge on any atom is -0.481 e. The van der Waals surface area contributed by atoms with Gasteiger partial charge in [-0.05, 0) is 18.9 Å². The van der Waals surface area contributed by atoms with Crippen molar-refractivity contribution >= 4 is 17.9 Å². The number of aliphatic carboxylic acids is 3. The van der Waals surface area contributed by atoms with E-state index in [1.54, 1.807) is 0 Å². The fraction of sp³-hybridized carbons (Fsp3) is 0.833. The maximum absolute atomic E-state index is 11.0. The van der Waals surface area contributed by atoms with Crippen molar-refractivity contribution in [2.45, 2.75) is 135 Å². The van der Waals surface area contributed by atoms with Crippen LogP contribution in [0.25, 0.3) is 0 Å². The van der Waals surface area contributed by atoms with Crippen molar-refractivity contribution in [1.29, 1.82) is 0 Å². The van der Waals surface area contributed by atoms with Gasteiger partial charge in [0, 0.05) is 19.3 Å². The largest absolute Gasteiger partial charge is 0.481 e. The molecule has 0 aliphatic rings. The van der Waals surface area contributed by atoms with E-state index >= 15 is 0 Å². The number of carbonyl (C=O) groups is 3. The molecule has 0 amide bonds. The molecule has 7 nitrogen and oxygen atoms in total. The highest BCUT2D eigenvalue weighted by atomic mass is 16.4. The first kappa shape index (κ1) is 35.1. The van der Waals surface area contributed by atoms with E-state index in [9.17, 15) is 14.4 Å². The normalized spacial score (nSPS) is 11.8. The van der Waals surface area contributed by atoms with E-state index in [0.29, 0.717) is 49.9 Å². The van der Waals surface area contributed by atoms with Crippen LogP contribution < -0.4 is 0 Å². The van der Waals surface area contributed by atoms with E-state index in [4.69, 9.17) is 15.3 Å². The van der Waals surface area contributed by atoms with E-state index in [0.717, 1.165) is 12.8 Å². The summed E-state index contributed by atoms with van der Waals surface area (Å²) in [5, 5.41) is 27.2. The Morgan fingerprint density at radius 3 is 1.22 bits per heavy atom. The molecule has 7 heteroatoms. The van der Waals surface area contributed by atoms with Gasteiger partial charge in [-0.3, -0.25) is 14.4 Å². The summed E-state index contributed by atoms with van der Waals surface area (Å²) in [6.45, 7) is 4.81. The standard InChI is InChI=1S/C30H55NO6/c1-2-3-4-5-6-7-8-9-10-11-12-13-14-15-16-17-24-31(25-18-21-28(32)33,26-19-22-29(34)35)27-20-23-30(36)37/h16-17H,2-15,18-27H2,1H3,(H2-,32,33,34,35,36,37)/p+1/b17-16+. The van der Waals surface area contributed by atoms with E-state index in [-0.39, 0.29) is 19.3 Å². The number of allylic oxidation sites excluding steroid dienone is 1. The van der Waals surface area contributed by atoms with Crippen molar-refractivity contribution in [3.63, 3.8) is 0 Å². The fourth-order valence-corrected chi connectivity index (χ4v) is 5.00. The summed E-state index contributed by atoms with van der Waals surface area (Å²) in [7, 11) is 0. The van der Waals surface area contributed by atoms with Gasteiger partial charge in [0.05, 0.1) is 45.4 Å². The highest BCUT2D eigenvalue weighted by Gasteiger charge is 2.26. The lowest BCUT2D eigenvalue weighted by Crippen LogP contribution is -2.50. The molecule has 216 valence electrons. The minimum atomic E-state index is -0.841. The first-order chi connectivity index (χ1) is 17.8. The van der Waals surface area contributed by atoms with Crippen LogP contribution in [0.4, 0.5) is 0 Å². The van der Waals surface area contributed by atoms with E-state index in [1.807, 2.05) is 0 Å². The van der Waals surface area contributed by atoms with Crippen LogP contribution in [0, 0.1) is 0 Å². The van der Waals surface area contributed by atoms with E-state index < -0.39 is 17.9 Å². The van der Waals surface area contributed by atoms with Crippen LogP contribution in [-0.4, -0.2) is 63.9 Å². The molecule has 0 saturated carbocycles. The maximum atomic E-state index is 11.0. The Labute approximate surface area is 225 Å². The summed E-state index contributed by atoms with van der Waals surface area (Å²) in [6, 6.07) is 0. The topological polar surface area (TPSA) is 112 Å². The average molecular weight is 527 g/mol. The number of hydrogen-bond donors (Lipinski definition) is 3. The van der Waals surface area contributed by atoms with Gasteiger partial charge in [0.2, 0.25) is 0 Å². The van der Waals surface area contributed by atoms with Crippen LogP contribution in [0.2, 0.25) is 0 Å². The molecule has 0 atom stereocenters. The first-order valence-electron chi connectivity index (χ1n) is 15.0. The quantitative estimate of drug-likeness (QED) is 0.0555. The summed E-state index contributed by atoms with van der Waals surface area (Å²) in [5.41, 5.74) is 0. The molecule has 0 unspecified atom stereocenters. The highest BCUT2D eigenvalue weighted by molar-refractivity contribution is 5.67. The fourth-order valence-electron chi connectivity index (χ4n) is 5.00. The number of quaternary nitrogens is 1. The third-order valence-corrected chi connectivity index (χ3v) is 7.20. The van der Waals surface area contributed by atoms with Crippen molar-refractivity contribution in [3.05, 3.63) is 12.2 Å². The van der Waals surface area contributed by atoms with E-state index in [1.165, 1.54) is 77.0 Å². The predicted molar refractivity (Wildman–Crippen MR) is 150 cm³/mol. The number of hydrogen-bond acceptors (Lipinski definition) is 3. The Morgan fingerprint density at radius 2 is 0.865 bits per heavy atom. The van der Waals surface area contributed by atoms with Crippen LogP contribution in [0.3, 0.4) is 0 Å². The zero-order valence-corrected chi connectivity index (χ0v) is 23.6. The molecule has 37 heavy (non-hydrogen) atoms. The molecule has 0 saturated heterocycles. The average Bonchev–Trinajstić information content (AvgIpc) is 2.83. The zero-order valence-electron chi connectivity index (χ0n) is 23.6. The summed E-state index contributed by atoms with van der Waals surface area (Å²) in [5.74, 6) is -2.52. The minimum absolute atomic E-state index is 0.0700. The molecule has 0 aliphatic carbocycles. The lowest BCUT2D eigenvalue weighted by Gasteiger charge is -2.38. The molecule has 0 aromatic rings. The second-order valence-electron chi connectivity index (χ2n) is 10.7. The van der Waals surface area contributed by atoms with Gasteiger partial charge in [0.1, 0.15) is 0 Å². The molecule has 3 N–H and O–H groups in total. The van der Waals surface area contributed by atoms with Crippen molar-refractivity contribution in [2.75, 3.05) is 26.2 Å². The molecule has 0 bridgehead atoms. The molecule has 0 aromatic heterocycles. The van der Waals surface area contributed by atoms with Crippen molar-refractivity contribution in [2.24, 2.45) is 0 Å². The van der Waals surface area contributed by atoms with Gasteiger partial charge < -0.3 is 19.8 Å². The van der Waals surface area contributed by atoms with Crippen LogP contribution in [-0.2, 0) is 14.4 Å². The summed E-state index contributed by atoms with van der Waals surface area (Å²) < 4.78 is 0.558. The Hall–Kier alpha value is -1.89. The van der Waals surface area contributed by atoms with Gasteiger partial charge in [-0.15, -0.1) is 0 Å². The van der Waals surface area contributed by atoms with Crippen LogP contribution >= 0.6 is 0 Å². The van der Waals surface area contributed by atoms with Gasteiger partial charge in [-0.1, -0.05) is 90.0 Å². The molecule has 0 radical (unpaired) electrons. The molecule has 0 aromatic carbocycles. The van der Waals surface area contributed by atoms with Crippen LogP contribution in [0.15, 0.2) is 12.2 Å². The third-order valence-electron chi connectivity index (χ3n) is 7.20. The van der Waals surface area contributed by atoms with Crippen molar-refractivity contribution in [3.8, 4) is 0 Å². The SMILES string of the molecule is CCCCCCCCCCCCCCC/C=C/C[N+](CCCC(=O)O)(CCCC(=O)O)CCCC(=O)O. The Kier molecular flexibility index (Phi) is 23.2. The molecular weight excluding hydrogens is 470 g/mol. The van der Waals surface area contributed by atoms with Gasteiger partial charge in [-0.2, -0.15) is 0 Å². The third kappa shape index (κ3) is 24.2. The van der Waals surface area contributed by atoms with Crippen LogP contribution in [0.5, 0.6) is 0 Å². The van der Waals surface area contributed by atoms with Crippen LogP contribution in [0.1, 0.15) is 135 Å². The first-order valence-corrected chi connectivity index (χ1v) is 15.0. The molecule has 0 rings (SSSR count). The van der Waals surface area contributed by atoms with Gasteiger partial charge in [-0.25, -0.2) is 0 Å². The number of carboxylic acid groups (broad SMARTS) is 3. The van der Waals surface area contributed by atoms with Gasteiger partial charge in [0.25, 0.3) is 0 Å². The predicted octanol–water partition coefficient (Wildman–Crippen LogP) is 7.44. The lowest BCUT2D eigenvalue weighted by molar-refractivity contribution is -0.923. The smallest absolute Gasteiger partial charge is 0.303 e. The van der Waals surface area contributed by atoms with Gasteiger partial charge >= 0.3 is 17.9 Å². The second-order valence-corrected chi connectivity index (χ2v) is 10.7. The molecular formula is C30H56NO6+. The number of nitrogens with zero attached hydrogens (tertiary/aromatic N) is 1. The summed E-state index contributed by atoms with van der Waals surface area (Å²) >= 11 is 0. The maximum Gasteiger partial charge on any atom is 0.303 e. The number of carboxylic acids is 3. The lowest BCUT2D eigenvalue weighted by atomic mass is 10.0. The molecule has 0 fully saturated rings. The molecule has 0 spiro atoms. The Balaban J connectivity index is 4.36.